The molecule has 1 aromatic carbocycles. The number of fused-ring (bicyclic) bond motifs is 1. The number of aromatic nitrogens is 1. The smallest absolute Gasteiger partial charge is 0.268 e. The number of halogens is 2. The van der Waals surface area contributed by atoms with Gasteiger partial charge in [-0.2, -0.15) is 0 Å². The lowest BCUT2D eigenvalue weighted by atomic mass is 10.2. The molecule has 0 spiro atoms. The number of ether oxygens (including phenoxy) is 1. The van der Waals surface area contributed by atoms with Crippen molar-refractivity contribution in [3.05, 3.63) is 57.3 Å². The summed E-state index contributed by atoms with van der Waals surface area (Å²) >= 11 is 5.17. The Hall–Kier alpha value is -1.70. The first-order chi connectivity index (χ1) is 12.6. The molecule has 0 aliphatic carbocycles. The molecule has 3 heterocycles. The number of carbonyl (C=O) groups excluding carboxylic acids is 1. The topological polar surface area (TPSA) is 43.3 Å². The summed E-state index contributed by atoms with van der Waals surface area (Å²) in [5.74, 6) is -0.379. The Balaban J connectivity index is 1.62. The highest BCUT2D eigenvalue weighted by molar-refractivity contribution is 9.10. The first-order valence-corrected chi connectivity index (χ1v) is 10.2. The summed E-state index contributed by atoms with van der Waals surface area (Å²) in [6, 6.07) is 8.29. The maximum absolute atomic E-state index is 13.2. The van der Waals surface area contributed by atoms with Crippen molar-refractivity contribution in [3.63, 3.8) is 0 Å². The number of nitrogens with zero attached hydrogens (tertiary/aromatic N) is 1. The van der Waals surface area contributed by atoms with Crippen molar-refractivity contribution < 1.29 is 13.9 Å². The lowest BCUT2D eigenvalue weighted by Gasteiger charge is -2.13. The highest BCUT2D eigenvalue weighted by Crippen LogP contribution is 2.33. The molecular formula is C19H18BrFN2O2S. The molecule has 1 aliphatic rings. The van der Waals surface area contributed by atoms with Gasteiger partial charge >= 0.3 is 0 Å². The minimum absolute atomic E-state index is 0.104. The third-order valence-corrected chi connectivity index (χ3v) is 6.40. The maximum atomic E-state index is 13.2. The van der Waals surface area contributed by atoms with Crippen molar-refractivity contribution in [1.29, 1.82) is 0 Å². The molecule has 0 bridgehead atoms. The molecule has 7 heteroatoms. The van der Waals surface area contributed by atoms with Gasteiger partial charge in [-0.15, -0.1) is 11.3 Å². The predicted octanol–water partition coefficient (Wildman–Crippen LogP) is 4.56. The van der Waals surface area contributed by atoms with Gasteiger partial charge in [0, 0.05) is 25.1 Å². The van der Waals surface area contributed by atoms with E-state index in [1.807, 2.05) is 16.0 Å². The van der Waals surface area contributed by atoms with Crippen molar-refractivity contribution >= 4 is 43.4 Å². The van der Waals surface area contributed by atoms with Crippen LogP contribution in [0.4, 0.5) is 4.39 Å². The molecule has 3 aromatic rings. The lowest BCUT2D eigenvalue weighted by molar-refractivity contribution is 0.0851. The second kappa shape index (κ2) is 7.50. The highest BCUT2D eigenvalue weighted by atomic mass is 79.9. The van der Waals surface area contributed by atoms with Crippen LogP contribution >= 0.6 is 27.3 Å². The molecule has 136 valence electrons. The van der Waals surface area contributed by atoms with Crippen LogP contribution < -0.4 is 5.32 Å². The van der Waals surface area contributed by atoms with Crippen LogP contribution in [0.5, 0.6) is 0 Å². The number of thiophene rings is 1. The summed E-state index contributed by atoms with van der Waals surface area (Å²) in [7, 11) is 0. The number of nitrogens with one attached hydrogen (secondary N) is 1. The van der Waals surface area contributed by atoms with Gasteiger partial charge in [-0.05, 0) is 52.5 Å². The summed E-state index contributed by atoms with van der Waals surface area (Å²) in [5, 5.41) is 5.00. The largest absolute Gasteiger partial charge is 0.376 e. The summed E-state index contributed by atoms with van der Waals surface area (Å²) in [6.07, 6.45) is 2.13. The molecule has 0 radical (unpaired) electrons. The minimum Gasteiger partial charge on any atom is -0.376 e. The SMILES string of the molecule is O=C(NC[C@H]1CCCO1)c1cc2scc(Br)c2n1Cc1ccc(F)cc1. The van der Waals surface area contributed by atoms with Gasteiger partial charge in [-0.1, -0.05) is 12.1 Å². The maximum Gasteiger partial charge on any atom is 0.268 e. The van der Waals surface area contributed by atoms with Gasteiger partial charge in [0.15, 0.2) is 0 Å². The Morgan fingerprint density at radius 1 is 1.38 bits per heavy atom. The molecule has 1 N–H and O–H groups in total. The van der Waals surface area contributed by atoms with Gasteiger partial charge in [-0.25, -0.2) is 4.39 Å². The Labute approximate surface area is 163 Å². The average molecular weight is 437 g/mol. The first kappa shape index (κ1) is 17.7. The first-order valence-electron chi connectivity index (χ1n) is 8.52. The third-order valence-electron chi connectivity index (χ3n) is 4.58. The summed E-state index contributed by atoms with van der Waals surface area (Å²) < 4.78 is 22.8. The Morgan fingerprint density at radius 2 is 2.19 bits per heavy atom. The molecule has 4 nitrogen and oxygen atoms in total. The molecule has 2 aromatic heterocycles. The van der Waals surface area contributed by atoms with Crippen molar-refractivity contribution in [3.8, 4) is 0 Å². The quantitative estimate of drug-likeness (QED) is 0.636. The second-order valence-corrected chi connectivity index (χ2v) is 8.15. The van der Waals surface area contributed by atoms with Crippen LogP contribution in [0.2, 0.25) is 0 Å². The van der Waals surface area contributed by atoms with Crippen molar-refractivity contribution in [2.24, 2.45) is 0 Å². The molecule has 1 atom stereocenters. The Morgan fingerprint density at radius 3 is 2.92 bits per heavy atom. The van der Waals surface area contributed by atoms with E-state index in [1.54, 1.807) is 23.5 Å². The molecule has 4 rings (SSSR count). The zero-order chi connectivity index (χ0) is 18.1. The molecule has 0 saturated carbocycles. The monoisotopic (exact) mass is 436 g/mol. The normalized spacial score (nSPS) is 17.1. The number of benzene rings is 1. The summed E-state index contributed by atoms with van der Waals surface area (Å²) in [5.41, 5.74) is 2.53. The van der Waals surface area contributed by atoms with E-state index in [4.69, 9.17) is 4.74 Å². The van der Waals surface area contributed by atoms with Gasteiger partial charge in [0.1, 0.15) is 11.5 Å². The van der Waals surface area contributed by atoms with Crippen LogP contribution in [0.15, 0.2) is 40.2 Å². The van der Waals surface area contributed by atoms with Crippen LogP contribution in [-0.2, 0) is 11.3 Å². The molecular weight excluding hydrogens is 419 g/mol. The van der Waals surface area contributed by atoms with E-state index in [-0.39, 0.29) is 17.8 Å². The Kier molecular flexibility index (Phi) is 5.11. The van der Waals surface area contributed by atoms with Gasteiger partial charge in [0.25, 0.3) is 5.91 Å². The van der Waals surface area contributed by atoms with Crippen LogP contribution in [0.25, 0.3) is 10.2 Å². The zero-order valence-electron chi connectivity index (χ0n) is 14.0. The minimum atomic E-state index is -0.266. The van der Waals surface area contributed by atoms with E-state index in [0.29, 0.717) is 18.8 Å². The average Bonchev–Trinajstić information content (AvgIpc) is 3.34. The van der Waals surface area contributed by atoms with Crippen LogP contribution in [0, 0.1) is 5.82 Å². The number of hydrogen-bond donors (Lipinski definition) is 1. The van der Waals surface area contributed by atoms with E-state index in [0.717, 1.165) is 39.7 Å². The second-order valence-electron chi connectivity index (χ2n) is 6.38. The molecule has 1 fully saturated rings. The van der Waals surface area contributed by atoms with Crippen molar-refractivity contribution in [2.45, 2.75) is 25.5 Å². The third kappa shape index (κ3) is 3.56. The van der Waals surface area contributed by atoms with Crippen molar-refractivity contribution in [1.82, 2.24) is 9.88 Å². The fourth-order valence-electron chi connectivity index (χ4n) is 3.26. The van der Waals surface area contributed by atoms with E-state index < -0.39 is 0 Å². The lowest BCUT2D eigenvalue weighted by Crippen LogP contribution is -2.33. The molecule has 26 heavy (non-hydrogen) atoms. The molecule has 0 unspecified atom stereocenters. The van der Waals surface area contributed by atoms with Crippen LogP contribution in [0.3, 0.4) is 0 Å². The number of rotatable bonds is 5. The van der Waals surface area contributed by atoms with Gasteiger partial charge in [-0.3, -0.25) is 4.79 Å². The fraction of sp³-hybridized carbons (Fsp3) is 0.316. The van der Waals surface area contributed by atoms with E-state index in [2.05, 4.69) is 21.2 Å². The molecule has 1 saturated heterocycles. The highest BCUT2D eigenvalue weighted by Gasteiger charge is 2.21. The van der Waals surface area contributed by atoms with E-state index in [9.17, 15) is 9.18 Å². The van der Waals surface area contributed by atoms with Crippen LogP contribution in [-0.4, -0.2) is 29.7 Å². The number of hydrogen-bond acceptors (Lipinski definition) is 3. The zero-order valence-corrected chi connectivity index (χ0v) is 16.4. The summed E-state index contributed by atoms with van der Waals surface area (Å²) in [6.45, 7) is 1.79. The van der Waals surface area contributed by atoms with E-state index in [1.165, 1.54) is 12.1 Å². The Bertz CT molecular complexity index is 929. The number of amides is 1. The van der Waals surface area contributed by atoms with Gasteiger partial charge in [0.05, 0.1) is 20.8 Å². The summed E-state index contributed by atoms with van der Waals surface area (Å²) in [4.78, 5) is 12.8. The standard InChI is InChI=1S/C19H18BrFN2O2S/c20-15-11-26-17-8-16(19(24)22-9-14-2-1-7-25-14)23(18(15)17)10-12-3-5-13(21)6-4-12/h3-6,8,11,14H,1-2,7,9-10H2,(H,22,24)/t14-/m1/s1. The van der Waals surface area contributed by atoms with Crippen molar-refractivity contribution in [2.75, 3.05) is 13.2 Å². The van der Waals surface area contributed by atoms with E-state index >= 15 is 0 Å². The fourth-order valence-corrected chi connectivity index (χ4v) is 4.95. The van der Waals surface area contributed by atoms with Crippen LogP contribution in [0.1, 0.15) is 28.9 Å². The molecule has 1 aliphatic heterocycles. The van der Waals surface area contributed by atoms with Gasteiger partial charge < -0.3 is 14.6 Å². The van der Waals surface area contributed by atoms with Gasteiger partial charge in [0.2, 0.25) is 0 Å². The predicted molar refractivity (Wildman–Crippen MR) is 104 cm³/mol. The molecule has 1 amide bonds. The number of carbonyl (C=O) groups is 1.